The first-order valence-corrected chi connectivity index (χ1v) is 12.7. The van der Waals surface area contributed by atoms with E-state index < -0.39 is 0 Å². The Bertz CT molecular complexity index is 906. The highest BCUT2D eigenvalue weighted by Gasteiger charge is 2.38. The summed E-state index contributed by atoms with van der Waals surface area (Å²) in [5.41, 5.74) is 3.92. The van der Waals surface area contributed by atoms with E-state index in [1.54, 1.807) is 4.90 Å². The molecule has 0 radical (unpaired) electrons. The zero-order valence-corrected chi connectivity index (χ0v) is 19.4. The number of carbonyl (C=O) groups excluding carboxylic acids is 2. The van der Waals surface area contributed by atoms with Gasteiger partial charge in [-0.2, -0.15) is 0 Å². The van der Waals surface area contributed by atoms with Gasteiger partial charge in [0, 0.05) is 29.9 Å². The van der Waals surface area contributed by atoms with Gasteiger partial charge in [0.15, 0.2) is 0 Å². The molecule has 4 aliphatic rings. The summed E-state index contributed by atoms with van der Waals surface area (Å²) in [7, 11) is 0. The number of piperidine rings is 1. The average Bonchev–Trinajstić information content (AvgIpc) is 3.51. The fraction of sp³-hybridized carbons (Fsp3) is 0.630. The summed E-state index contributed by atoms with van der Waals surface area (Å²) in [6.45, 7) is 6.75. The number of rotatable bonds is 7. The Balaban J connectivity index is 1.25. The molecule has 1 unspecified atom stereocenters. The summed E-state index contributed by atoms with van der Waals surface area (Å²) in [6.07, 6.45) is 11.8. The number of hydrogen-bond acceptors (Lipinski definition) is 3. The van der Waals surface area contributed by atoms with Crippen molar-refractivity contribution in [2.75, 3.05) is 0 Å². The van der Waals surface area contributed by atoms with Crippen molar-refractivity contribution in [1.82, 2.24) is 15.5 Å². The van der Waals surface area contributed by atoms with Gasteiger partial charge in [-0.25, -0.2) is 0 Å². The Morgan fingerprint density at radius 1 is 1.16 bits per heavy atom. The van der Waals surface area contributed by atoms with Crippen molar-refractivity contribution < 1.29 is 9.59 Å². The van der Waals surface area contributed by atoms with Gasteiger partial charge in [-0.3, -0.25) is 9.59 Å². The first kappa shape index (κ1) is 21.7. The van der Waals surface area contributed by atoms with Crippen LogP contribution in [0.3, 0.4) is 0 Å². The molecule has 2 aliphatic carbocycles. The average molecular weight is 436 g/mol. The quantitative estimate of drug-likeness (QED) is 0.671. The molecule has 0 bridgehead atoms. The van der Waals surface area contributed by atoms with Gasteiger partial charge in [-0.1, -0.05) is 44.4 Å². The molecule has 0 spiro atoms. The van der Waals surface area contributed by atoms with Crippen molar-refractivity contribution in [2.45, 2.75) is 95.8 Å². The maximum atomic E-state index is 13.0. The zero-order chi connectivity index (χ0) is 22.2. The van der Waals surface area contributed by atoms with E-state index in [-0.39, 0.29) is 17.9 Å². The highest BCUT2D eigenvalue weighted by Crippen LogP contribution is 2.35. The fourth-order valence-corrected chi connectivity index (χ4v) is 6.10. The van der Waals surface area contributed by atoms with E-state index >= 15 is 0 Å². The molecular formula is C27H37N3O2. The van der Waals surface area contributed by atoms with E-state index in [9.17, 15) is 9.59 Å². The highest BCUT2D eigenvalue weighted by molar-refractivity contribution is 6.01. The van der Waals surface area contributed by atoms with Crippen LogP contribution >= 0.6 is 0 Å². The summed E-state index contributed by atoms with van der Waals surface area (Å²) in [5, 5.41) is 6.79. The summed E-state index contributed by atoms with van der Waals surface area (Å²) in [4.78, 5) is 27.2. The number of nitrogens with zero attached hydrogens (tertiary/aromatic N) is 1. The third-order valence-electron chi connectivity index (χ3n) is 7.99. The van der Waals surface area contributed by atoms with Crippen LogP contribution in [-0.2, 0) is 17.8 Å². The summed E-state index contributed by atoms with van der Waals surface area (Å²) >= 11 is 0. The maximum Gasteiger partial charge on any atom is 0.255 e. The highest BCUT2D eigenvalue weighted by atomic mass is 16.2. The van der Waals surface area contributed by atoms with Crippen LogP contribution in [0.1, 0.15) is 86.2 Å². The lowest BCUT2D eigenvalue weighted by molar-refractivity contribution is -0.126. The SMILES string of the molecule is C=C1CCC(N2Cc3cc(C[C@H]4CCCC[C@@H]4N[C@@H](C)CC4CC4)ccc3C2=O)C(=O)N1. The van der Waals surface area contributed by atoms with Crippen LogP contribution in [0.5, 0.6) is 0 Å². The first-order valence-electron chi connectivity index (χ1n) is 12.7. The van der Waals surface area contributed by atoms with Gasteiger partial charge in [0.25, 0.3) is 5.91 Å². The van der Waals surface area contributed by atoms with Crippen LogP contribution in [0.15, 0.2) is 30.5 Å². The predicted molar refractivity (Wildman–Crippen MR) is 126 cm³/mol. The van der Waals surface area contributed by atoms with Crippen LogP contribution < -0.4 is 10.6 Å². The number of nitrogens with one attached hydrogen (secondary N) is 2. The molecule has 2 amide bonds. The molecule has 5 rings (SSSR count). The number of hydrogen-bond donors (Lipinski definition) is 2. The minimum atomic E-state index is -0.385. The molecule has 1 aromatic carbocycles. The molecule has 2 saturated carbocycles. The Morgan fingerprint density at radius 2 is 1.97 bits per heavy atom. The monoisotopic (exact) mass is 435 g/mol. The van der Waals surface area contributed by atoms with Crippen LogP contribution in [0.4, 0.5) is 0 Å². The summed E-state index contributed by atoms with van der Waals surface area (Å²) < 4.78 is 0. The number of fused-ring (bicyclic) bond motifs is 1. The molecule has 5 nitrogen and oxygen atoms in total. The molecule has 4 atom stereocenters. The van der Waals surface area contributed by atoms with E-state index in [2.05, 4.69) is 36.3 Å². The molecule has 2 aliphatic heterocycles. The number of allylic oxidation sites excluding steroid dienone is 1. The fourth-order valence-electron chi connectivity index (χ4n) is 6.10. The molecule has 2 N–H and O–H groups in total. The first-order chi connectivity index (χ1) is 15.5. The van der Waals surface area contributed by atoms with E-state index in [0.717, 1.165) is 35.6 Å². The normalized spacial score (nSPS) is 29.1. The Hall–Kier alpha value is -2.14. The topological polar surface area (TPSA) is 61.4 Å². The molecular weight excluding hydrogens is 398 g/mol. The summed E-state index contributed by atoms with van der Waals surface area (Å²) in [5.74, 6) is 1.51. The van der Waals surface area contributed by atoms with E-state index in [4.69, 9.17) is 0 Å². The van der Waals surface area contributed by atoms with Gasteiger partial charge < -0.3 is 15.5 Å². The third-order valence-corrected chi connectivity index (χ3v) is 7.99. The second-order valence-electron chi connectivity index (χ2n) is 10.7. The zero-order valence-electron chi connectivity index (χ0n) is 19.4. The maximum absolute atomic E-state index is 13.0. The van der Waals surface area contributed by atoms with Gasteiger partial charge in [-0.15, -0.1) is 0 Å². The smallest absolute Gasteiger partial charge is 0.255 e. The molecule has 0 aromatic heterocycles. The Labute approximate surface area is 192 Å². The largest absolute Gasteiger partial charge is 0.329 e. The van der Waals surface area contributed by atoms with Crippen molar-refractivity contribution in [3.05, 3.63) is 47.2 Å². The molecule has 1 aromatic rings. The Kier molecular flexibility index (Phi) is 6.11. The number of benzene rings is 1. The summed E-state index contributed by atoms with van der Waals surface area (Å²) in [6, 6.07) is 7.19. The Morgan fingerprint density at radius 3 is 2.75 bits per heavy atom. The lowest BCUT2D eigenvalue weighted by Gasteiger charge is -2.35. The van der Waals surface area contributed by atoms with Crippen LogP contribution in [0.2, 0.25) is 0 Å². The van der Waals surface area contributed by atoms with Crippen molar-refractivity contribution >= 4 is 11.8 Å². The van der Waals surface area contributed by atoms with Crippen molar-refractivity contribution in [3.8, 4) is 0 Å². The van der Waals surface area contributed by atoms with E-state index in [0.29, 0.717) is 31.0 Å². The minimum absolute atomic E-state index is 0.00896. The van der Waals surface area contributed by atoms with Gasteiger partial charge in [0.05, 0.1) is 0 Å². The van der Waals surface area contributed by atoms with Crippen LogP contribution in [0.25, 0.3) is 0 Å². The second-order valence-corrected chi connectivity index (χ2v) is 10.7. The van der Waals surface area contributed by atoms with Crippen molar-refractivity contribution in [2.24, 2.45) is 11.8 Å². The third kappa shape index (κ3) is 4.63. The number of carbonyl (C=O) groups is 2. The lowest BCUT2D eigenvalue weighted by Crippen LogP contribution is -2.49. The van der Waals surface area contributed by atoms with Gasteiger partial charge in [0.1, 0.15) is 6.04 Å². The molecule has 32 heavy (non-hydrogen) atoms. The van der Waals surface area contributed by atoms with E-state index in [1.807, 2.05) is 6.07 Å². The van der Waals surface area contributed by atoms with Crippen LogP contribution in [0, 0.1) is 11.8 Å². The number of amides is 2. The second kappa shape index (κ2) is 9.01. The molecule has 1 saturated heterocycles. The van der Waals surface area contributed by atoms with E-state index in [1.165, 1.54) is 50.5 Å². The van der Waals surface area contributed by atoms with Gasteiger partial charge in [0.2, 0.25) is 5.91 Å². The predicted octanol–water partition coefficient (Wildman–Crippen LogP) is 4.31. The van der Waals surface area contributed by atoms with Crippen molar-refractivity contribution in [3.63, 3.8) is 0 Å². The lowest BCUT2D eigenvalue weighted by atomic mass is 9.80. The molecule has 172 valence electrons. The molecule has 2 heterocycles. The minimum Gasteiger partial charge on any atom is -0.329 e. The molecule has 5 heteroatoms. The van der Waals surface area contributed by atoms with Crippen molar-refractivity contribution in [1.29, 1.82) is 0 Å². The standard InChI is InChI=1S/C27H37N3O2/c1-17-7-12-25(26(31)29-17)30-16-22-15-20(10-11-23(22)27(30)32)14-21-5-3-4-6-24(21)28-18(2)13-19-8-9-19/h10-11,15,18-19,21,24-25,28H,1,3-9,12-14,16H2,2H3,(H,29,31)/t18-,21+,24-,25?/m0/s1. The van der Waals surface area contributed by atoms with Gasteiger partial charge >= 0.3 is 0 Å². The molecule has 3 fully saturated rings. The van der Waals surface area contributed by atoms with Gasteiger partial charge in [-0.05, 0) is 74.5 Å². The van der Waals surface area contributed by atoms with Crippen LogP contribution in [-0.4, -0.2) is 34.8 Å².